The molecule has 0 aromatic carbocycles. The van der Waals surface area contributed by atoms with E-state index in [9.17, 15) is 4.79 Å². The molecule has 5 heteroatoms. The van der Waals surface area contributed by atoms with Crippen LogP contribution in [0.15, 0.2) is 15.9 Å². The molecule has 0 radical (unpaired) electrons. The molecule has 94 valence electrons. The first kappa shape index (κ1) is 13.1. The second-order valence-electron chi connectivity index (χ2n) is 4.38. The Morgan fingerprint density at radius 1 is 1.65 bits per heavy atom. The van der Waals surface area contributed by atoms with Crippen LogP contribution in [0, 0.1) is 5.92 Å². The van der Waals surface area contributed by atoms with Crippen LogP contribution in [-0.2, 0) is 11.3 Å². The number of amides is 1. The van der Waals surface area contributed by atoms with Gasteiger partial charge in [0.05, 0.1) is 6.54 Å². The number of nitrogens with one attached hydrogen (secondary N) is 2. The van der Waals surface area contributed by atoms with E-state index in [1.807, 2.05) is 11.4 Å². The van der Waals surface area contributed by atoms with Gasteiger partial charge in [-0.2, -0.15) is 0 Å². The number of rotatable bonds is 4. The average Bonchev–Trinajstić information content (AvgIpc) is 2.74. The van der Waals surface area contributed by atoms with Crippen molar-refractivity contribution in [3.8, 4) is 0 Å². The molecule has 1 aliphatic rings. The Hall–Kier alpha value is -0.390. The molecule has 1 amide bonds. The van der Waals surface area contributed by atoms with E-state index in [2.05, 4.69) is 26.6 Å². The molecule has 2 heterocycles. The predicted octanol–water partition coefficient (Wildman–Crippen LogP) is 2.52. The highest BCUT2D eigenvalue weighted by atomic mass is 79.9. The molecular weight excluding hydrogens is 300 g/mol. The highest BCUT2D eigenvalue weighted by molar-refractivity contribution is 9.10. The molecule has 1 atom stereocenters. The third-order valence-corrected chi connectivity index (χ3v) is 4.94. The van der Waals surface area contributed by atoms with Crippen molar-refractivity contribution in [2.75, 3.05) is 13.1 Å². The maximum Gasteiger partial charge on any atom is 0.220 e. The largest absolute Gasteiger partial charge is 0.351 e. The predicted molar refractivity (Wildman–Crippen MR) is 74.1 cm³/mol. The first-order valence-electron chi connectivity index (χ1n) is 5.95. The van der Waals surface area contributed by atoms with Gasteiger partial charge >= 0.3 is 0 Å². The van der Waals surface area contributed by atoms with Gasteiger partial charge < -0.3 is 10.6 Å². The summed E-state index contributed by atoms with van der Waals surface area (Å²) in [5, 5.41) is 8.34. The standard InChI is InChI=1S/C12H17BrN2OS/c13-10-3-5-17-11(10)8-15-12(16)6-9-2-1-4-14-7-9/h3,5,9,14H,1-2,4,6-8H2,(H,15,16). The molecule has 0 spiro atoms. The number of piperidine rings is 1. The van der Waals surface area contributed by atoms with Crippen molar-refractivity contribution >= 4 is 33.2 Å². The Balaban J connectivity index is 1.72. The summed E-state index contributed by atoms with van der Waals surface area (Å²) < 4.78 is 1.09. The van der Waals surface area contributed by atoms with Gasteiger partial charge in [0.1, 0.15) is 0 Å². The number of hydrogen-bond acceptors (Lipinski definition) is 3. The lowest BCUT2D eigenvalue weighted by molar-refractivity contribution is -0.122. The summed E-state index contributed by atoms with van der Waals surface area (Å²) in [7, 11) is 0. The zero-order chi connectivity index (χ0) is 12.1. The Morgan fingerprint density at radius 2 is 2.53 bits per heavy atom. The van der Waals surface area contributed by atoms with Gasteiger partial charge in [0.15, 0.2) is 0 Å². The Kier molecular flexibility index (Phi) is 5.00. The highest BCUT2D eigenvalue weighted by Gasteiger charge is 2.16. The first-order valence-corrected chi connectivity index (χ1v) is 7.62. The van der Waals surface area contributed by atoms with Crippen LogP contribution in [0.3, 0.4) is 0 Å². The summed E-state index contributed by atoms with van der Waals surface area (Å²) in [6.07, 6.45) is 3.01. The zero-order valence-corrected chi connectivity index (χ0v) is 12.1. The molecule has 1 aliphatic heterocycles. The maximum atomic E-state index is 11.8. The Labute approximate surface area is 114 Å². The van der Waals surface area contributed by atoms with Gasteiger partial charge in [-0.15, -0.1) is 11.3 Å². The van der Waals surface area contributed by atoms with Crippen molar-refractivity contribution in [2.45, 2.75) is 25.8 Å². The van der Waals surface area contributed by atoms with Crippen molar-refractivity contribution in [3.63, 3.8) is 0 Å². The van der Waals surface area contributed by atoms with Crippen LogP contribution in [-0.4, -0.2) is 19.0 Å². The number of halogens is 1. The molecule has 0 bridgehead atoms. The monoisotopic (exact) mass is 316 g/mol. The van der Waals surface area contributed by atoms with Crippen molar-refractivity contribution < 1.29 is 4.79 Å². The lowest BCUT2D eigenvalue weighted by atomic mass is 9.96. The number of hydrogen-bond donors (Lipinski definition) is 2. The molecule has 1 unspecified atom stereocenters. The van der Waals surface area contributed by atoms with Gasteiger partial charge in [-0.3, -0.25) is 4.79 Å². The van der Waals surface area contributed by atoms with Gasteiger partial charge in [-0.25, -0.2) is 0 Å². The Morgan fingerprint density at radius 3 is 3.18 bits per heavy atom. The van der Waals surface area contributed by atoms with Gasteiger partial charge in [0.25, 0.3) is 0 Å². The van der Waals surface area contributed by atoms with Gasteiger partial charge in [0, 0.05) is 15.8 Å². The van der Waals surface area contributed by atoms with Crippen molar-refractivity contribution in [3.05, 3.63) is 20.8 Å². The summed E-state index contributed by atoms with van der Waals surface area (Å²) >= 11 is 5.13. The lowest BCUT2D eigenvalue weighted by Gasteiger charge is -2.22. The van der Waals surface area contributed by atoms with Gasteiger partial charge in [-0.1, -0.05) is 0 Å². The zero-order valence-electron chi connectivity index (χ0n) is 9.67. The van der Waals surface area contributed by atoms with Crippen LogP contribution in [0.2, 0.25) is 0 Å². The molecule has 3 nitrogen and oxygen atoms in total. The molecular formula is C12H17BrN2OS. The number of carbonyl (C=O) groups is 1. The van der Waals surface area contributed by atoms with E-state index in [1.165, 1.54) is 17.7 Å². The summed E-state index contributed by atoms with van der Waals surface area (Å²) in [5.41, 5.74) is 0. The van der Waals surface area contributed by atoms with Gasteiger partial charge in [-0.05, 0) is 59.2 Å². The summed E-state index contributed by atoms with van der Waals surface area (Å²) in [6.45, 7) is 2.72. The quantitative estimate of drug-likeness (QED) is 0.896. The first-order chi connectivity index (χ1) is 8.25. The minimum atomic E-state index is 0.166. The SMILES string of the molecule is O=C(CC1CCCNC1)NCc1sccc1Br. The second kappa shape index (κ2) is 6.52. The Bertz CT molecular complexity index is 374. The van der Waals surface area contributed by atoms with E-state index in [0.717, 1.165) is 17.6 Å². The van der Waals surface area contributed by atoms with Crippen LogP contribution >= 0.6 is 27.3 Å². The third kappa shape index (κ3) is 4.08. The van der Waals surface area contributed by atoms with Crippen molar-refractivity contribution in [1.82, 2.24) is 10.6 Å². The summed E-state index contributed by atoms with van der Waals surface area (Å²) in [5.74, 6) is 0.675. The molecule has 2 N–H and O–H groups in total. The van der Waals surface area contributed by atoms with Crippen LogP contribution in [0.25, 0.3) is 0 Å². The smallest absolute Gasteiger partial charge is 0.220 e. The second-order valence-corrected chi connectivity index (χ2v) is 6.24. The maximum absolute atomic E-state index is 11.8. The molecule has 1 saturated heterocycles. The molecule has 17 heavy (non-hydrogen) atoms. The molecule has 2 rings (SSSR count). The van der Waals surface area contributed by atoms with E-state index in [4.69, 9.17) is 0 Å². The molecule has 1 fully saturated rings. The van der Waals surface area contributed by atoms with Crippen LogP contribution in [0.4, 0.5) is 0 Å². The number of carbonyl (C=O) groups excluding carboxylic acids is 1. The fraction of sp³-hybridized carbons (Fsp3) is 0.583. The van der Waals surface area contributed by atoms with E-state index in [1.54, 1.807) is 11.3 Å². The fourth-order valence-electron chi connectivity index (χ4n) is 2.06. The van der Waals surface area contributed by atoms with Crippen molar-refractivity contribution in [2.24, 2.45) is 5.92 Å². The van der Waals surface area contributed by atoms with E-state index >= 15 is 0 Å². The van der Waals surface area contributed by atoms with E-state index in [0.29, 0.717) is 18.9 Å². The van der Waals surface area contributed by atoms with Crippen LogP contribution in [0.5, 0.6) is 0 Å². The number of thiophene rings is 1. The molecule has 1 aromatic heterocycles. The fourth-order valence-corrected chi connectivity index (χ4v) is 3.49. The minimum Gasteiger partial charge on any atom is -0.351 e. The average molecular weight is 317 g/mol. The van der Waals surface area contributed by atoms with Crippen LogP contribution in [0.1, 0.15) is 24.1 Å². The lowest BCUT2D eigenvalue weighted by Crippen LogP contribution is -2.34. The molecule has 0 aliphatic carbocycles. The third-order valence-electron chi connectivity index (χ3n) is 3.01. The normalized spacial score (nSPS) is 20.2. The summed E-state index contributed by atoms with van der Waals surface area (Å²) in [4.78, 5) is 12.9. The topological polar surface area (TPSA) is 41.1 Å². The summed E-state index contributed by atoms with van der Waals surface area (Å²) in [6, 6.07) is 2.01. The molecule has 1 aromatic rings. The van der Waals surface area contributed by atoms with Crippen molar-refractivity contribution in [1.29, 1.82) is 0 Å². The van der Waals surface area contributed by atoms with E-state index < -0.39 is 0 Å². The van der Waals surface area contributed by atoms with Crippen LogP contribution < -0.4 is 10.6 Å². The highest BCUT2D eigenvalue weighted by Crippen LogP contribution is 2.22. The molecule has 0 saturated carbocycles. The van der Waals surface area contributed by atoms with Gasteiger partial charge in [0.2, 0.25) is 5.91 Å². The van der Waals surface area contributed by atoms with E-state index in [-0.39, 0.29) is 5.91 Å². The minimum absolute atomic E-state index is 0.166.